The van der Waals surface area contributed by atoms with E-state index in [9.17, 15) is 19.2 Å². The monoisotopic (exact) mass is 402 g/mol. The predicted molar refractivity (Wildman–Crippen MR) is 103 cm³/mol. The van der Waals surface area contributed by atoms with E-state index in [2.05, 4.69) is 16.2 Å². The number of carbonyl (C=O) groups excluding carboxylic acids is 4. The topological polar surface area (TPSA) is 108 Å². The Morgan fingerprint density at radius 2 is 1.55 bits per heavy atom. The first-order chi connectivity index (χ1) is 13.8. The SMILES string of the molecule is CC1(C2CC2)NC(=O)N(CC(=O)NNC(=O)CC23CC4CC(CC(C4)C2)C3)C1=O. The first-order valence-corrected chi connectivity index (χ1v) is 11.0. The van der Waals surface area contributed by atoms with Gasteiger partial charge < -0.3 is 5.32 Å². The Labute approximate surface area is 170 Å². The molecule has 8 nitrogen and oxygen atoms in total. The molecule has 29 heavy (non-hydrogen) atoms. The maximum atomic E-state index is 12.6. The van der Waals surface area contributed by atoms with E-state index in [4.69, 9.17) is 0 Å². The molecule has 1 atom stereocenters. The van der Waals surface area contributed by atoms with Gasteiger partial charge in [-0.15, -0.1) is 0 Å². The number of hydrazine groups is 1. The largest absolute Gasteiger partial charge is 0.325 e. The molecule has 0 aromatic heterocycles. The van der Waals surface area contributed by atoms with Crippen LogP contribution in [0.5, 0.6) is 0 Å². The van der Waals surface area contributed by atoms with E-state index in [1.54, 1.807) is 6.92 Å². The molecular formula is C21H30N4O4. The molecule has 0 aromatic rings. The third-order valence-corrected chi connectivity index (χ3v) is 8.04. The van der Waals surface area contributed by atoms with Crippen molar-refractivity contribution in [2.75, 3.05) is 6.54 Å². The van der Waals surface area contributed by atoms with Crippen molar-refractivity contribution in [1.82, 2.24) is 21.1 Å². The van der Waals surface area contributed by atoms with E-state index in [-0.39, 0.29) is 29.7 Å². The second kappa shape index (κ2) is 6.44. The summed E-state index contributed by atoms with van der Waals surface area (Å²) >= 11 is 0. The molecule has 0 spiro atoms. The second-order valence-electron chi connectivity index (χ2n) is 10.5. The van der Waals surface area contributed by atoms with E-state index in [1.165, 1.54) is 19.3 Å². The zero-order valence-electron chi connectivity index (χ0n) is 17.0. The van der Waals surface area contributed by atoms with Gasteiger partial charge in [-0.3, -0.25) is 30.1 Å². The van der Waals surface area contributed by atoms with Crippen molar-refractivity contribution >= 4 is 23.8 Å². The highest BCUT2D eigenvalue weighted by Gasteiger charge is 2.56. The Morgan fingerprint density at radius 1 is 1.00 bits per heavy atom. The van der Waals surface area contributed by atoms with E-state index >= 15 is 0 Å². The van der Waals surface area contributed by atoms with Gasteiger partial charge >= 0.3 is 6.03 Å². The average Bonchev–Trinajstić information content (AvgIpc) is 3.45. The number of urea groups is 1. The zero-order valence-corrected chi connectivity index (χ0v) is 17.0. The van der Waals surface area contributed by atoms with Gasteiger partial charge in [0.25, 0.3) is 11.8 Å². The minimum Gasteiger partial charge on any atom is -0.323 e. The quantitative estimate of drug-likeness (QED) is 0.478. The Hall–Kier alpha value is -2.12. The molecule has 5 amide bonds. The van der Waals surface area contributed by atoms with Crippen molar-refractivity contribution in [2.24, 2.45) is 29.1 Å². The molecule has 4 bridgehead atoms. The van der Waals surface area contributed by atoms with Crippen LogP contribution in [0.2, 0.25) is 0 Å². The lowest BCUT2D eigenvalue weighted by Gasteiger charge is -2.56. The zero-order chi connectivity index (χ0) is 20.4. The van der Waals surface area contributed by atoms with Crippen molar-refractivity contribution in [2.45, 2.75) is 70.3 Å². The molecule has 1 heterocycles. The van der Waals surface area contributed by atoms with Gasteiger partial charge in [-0.25, -0.2) is 4.79 Å². The summed E-state index contributed by atoms with van der Waals surface area (Å²) in [6.45, 7) is 1.33. The second-order valence-corrected chi connectivity index (χ2v) is 10.5. The molecular weight excluding hydrogens is 372 g/mol. The molecule has 3 N–H and O–H groups in total. The molecule has 1 unspecified atom stereocenters. The number of amides is 5. The molecule has 1 aliphatic heterocycles. The van der Waals surface area contributed by atoms with Gasteiger partial charge in [0.2, 0.25) is 5.91 Å². The van der Waals surface area contributed by atoms with Crippen molar-refractivity contribution < 1.29 is 19.2 Å². The summed E-state index contributed by atoms with van der Waals surface area (Å²) in [5, 5.41) is 2.72. The van der Waals surface area contributed by atoms with Crippen LogP contribution >= 0.6 is 0 Å². The van der Waals surface area contributed by atoms with Gasteiger partial charge in [-0.1, -0.05) is 0 Å². The standard InChI is InChI=1S/C21H30N4O4/c1-20(15-2-3-15)18(28)25(19(29)22-20)11-17(27)24-23-16(26)10-21-7-12-4-13(8-21)6-14(5-12)9-21/h12-15H,2-11H2,1H3,(H,22,29)(H,23,26)(H,24,27). The number of hydrogen-bond acceptors (Lipinski definition) is 4. The fraction of sp³-hybridized carbons (Fsp3) is 0.810. The fourth-order valence-corrected chi connectivity index (χ4v) is 7.01. The van der Waals surface area contributed by atoms with Crippen LogP contribution in [0.3, 0.4) is 0 Å². The van der Waals surface area contributed by atoms with Crippen LogP contribution in [0.15, 0.2) is 0 Å². The molecule has 8 heteroatoms. The maximum Gasteiger partial charge on any atom is 0.325 e. The summed E-state index contributed by atoms with van der Waals surface area (Å²) in [5.41, 5.74) is 4.10. The summed E-state index contributed by atoms with van der Waals surface area (Å²) in [5.74, 6) is 1.34. The lowest BCUT2D eigenvalue weighted by Crippen LogP contribution is -2.52. The lowest BCUT2D eigenvalue weighted by molar-refractivity contribution is -0.137. The van der Waals surface area contributed by atoms with Crippen molar-refractivity contribution in [3.63, 3.8) is 0 Å². The minimum absolute atomic E-state index is 0.0977. The molecule has 0 aromatic carbocycles. The van der Waals surface area contributed by atoms with Crippen LogP contribution in [0, 0.1) is 29.1 Å². The summed E-state index contributed by atoms with van der Waals surface area (Å²) in [6, 6.07) is -0.542. The highest BCUT2D eigenvalue weighted by atomic mass is 16.2. The number of rotatable bonds is 5. The third-order valence-electron chi connectivity index (χ3n) is 8.04. The minimum atomic E-state index is -0.904. The Morgan fingerprint density at radius 3 is 2.10 bits per heavy atom. The van der Waals surface area contributed by atoms with Crippen molar-refractivity contribution in [1.29, 1.82) is 0 Å². The van der Waals surface area contributed by atoms with Gasteiger partial charge in [-0.05, 0) is 87.4 Å². The lowest BCUT2D eigenvalue weighted by atomic mass is 9.49. The highest BCUT2D eigenvalue weighted by Crippen LogP contribution is 2.61. The van der Waals surface area contributed by atoms with Crippen LogP contribution in [-0.2, 0) is 14.4 Å². The number of nitrogens with zero attached hydrogens (tertiary/aromatic N) is 1. The van der Waals surface area contributed by atoms with Crippen LogP contribution in [0.25, 0.3) is 0 Å². The summed E-state index contributed by atoms with van der Waals surface area (Å²) < 4.78 is 0. The normalized spacial score (nSPS) is 40.2. The number of nitrogens with one attached hydrogen (secondary N) is 3. The molecule has 5 saturated carbocycles. The van der Waals surface area contributed by atoms with Gasteiger partial charge in [0.15, 0.2) is 0 Å². The van der Waals surface area contributed by atoms with Crippen LogP contribution in [0.1, 0.15) is 64.7 Å². The van der Waals surface area contributed by atoms with Gasteiger partial charge in [0, 0.05) is 6.42 Å². The smallest absolute Gasteiger partial charge is 0.323 e. The molecule has 6 rings (SSSR count). The average molecular weight is 402 g/mol. The summed E-state index contributed by atoms with van der Waals surface area (Å²) in [6.07, 6.45) is 9.61. The van der Waals surface area contributed by atoms with Crippen molar-refractivity contribution in [3.8, 4) is 0 Å². The first kappa shape index (κ1) is 18.9. The third kappa shape index (κ3) is 3.30. The first-order valence-electron chi connectivity index (χ1n) is 11.0. The van der Waals surface area contributed by atoms with Gasteiger partial charge in [-0.2, -0.15) is 0 Å². The number of imide groups is 1. The number of hydrogen-bond donors (Lipinski definition) is 3. The number of carbonyl (C=O) groups is 4. The van der Waals surface area contributed by atoms with E-state index in [1.807, 2.05) is 0 Å². The molecule has 0 radical (unpaired) electrons. The molecule has 158 valence electrons. The fourth-order valence-electron chi connectivity index (χ4n) is 7.01. The van der Waals surface area contributed by atoms with E-state index in [0.717, 1.165) is 54.8 Å². The molecule has 1 saturated heterocycles. The van der Waals surface area contributed by atoms with Gasteiger partial charge in [0.05, 0.1) is 0 Å². The maximum absolute atomic E-state index is 12.6. The predicted octanol–water partition coefficient (Wildman–Crippen LogP) is 1.46. The van der Waals surface area contributed by atoms with Crippen LogP contribution in [0.4, 0.5) is 4.79 Å². The van der Waals surface area contributed by atoms with Gasteiger partial charge in [0.1, 0.15) is 12.1 Å². The molecule has 6 fully saturated rings. The highest BCUT2D eigenvalue weighted by molar-refractivity contribution is 6.09. The van der Waals surface area contributed by atoms with Crippen molar-refractivity contribution in [3.05, 3.63) is 0 Å². The summed E-state index contributed by atoms with van der Waals surface area (Å²) in [7, 11) is 0. The van der Waals surface area contributed by atoms with Crippen LogP contribution < -0.4 is 16.2 Å². The summed E-state index contributed by atoms with van der Waals surface area (Å²) in [4.78, 5) is 50.4. The van der Waals surface area contributed by atoms with E-state index < -0.39 is 17.5 Å². The van der Waals surface area contributed by atoms with E-state index in [0.29, 0.717) is 6.42 Å². The Kier molecular flexibility index (Phi) is 4.19. The Bertz CT molecular complexity index is 741. The van der Waals surface area contributed by atoms with Crippen LogP contribution in [-0.4, -0.2) is 40.7 Å². The molecule has 5 aliphatic carbocycles. The Balaban J connectivity index is 1.12. The molecule has 6 aliphatic rings.